The fourth-order valence-electron chi connectivity index (χ4n) is 1.72. The Morgan fingerprint density at radius 2 is 2.09 bits per heavy atom. The lowest BCUT2D eigenvalue weighted by Gasteiger charge is -2.07. The third-order valence-electron chi connectivity index (χ3n) is 2.79. The number of halogens is 1. The van der Waals surface area contributed by atoms with Crippen molar-refractivity contribution in [1.82, 2.24) is 4.98 Å². The van der Waals surface area contributed by atoms with E-state index in [1.54, 1.807) is 42.7 Å². The normalized spacial score (nSPS) is 10.7. The maximum Gasteiger partial charge on any atom is 0.266 e. The molecule has 2 aromatic rings. The molecule has 0 fully saturated rings. The lowest BCUT2D eigenvalue weighted by molar-refractivity contribution is -0.112. The van der Waals surface area contributed by atoms with Crippen LogP contribution in [0.1, 0.15) is 5.56 Å². The number of nitrogens with zero attached hydrogens (tertiary/aromatic N) is 2. The molecule has 0 aliphatic carbocycles. The number of methoxy groups -OCH3 is 1. The van der Waals surface area contributed by atoms with Gasteiger partial charge in [-0.2, -0.15) is 5.26 Å². The van der Waals surface area contributed by atoms with Gasteiger partial charge in [-0.15, -0.1) is 0 Å². The summed E-state index contributed by atoms with van der Waals surface area (Å²) in [6.07, 6.45) is 4.66. The first-order valence-corrected chi connectivity index (χ1v) is 6.68. The van der Waals surface area contributed by atoms with Crippen LogP contribution in [0.2, 0.25) is 5.02 Å². The number of nitriles is 1. The van der Waals surface area contributed by atoms with E-state index in [0.29, 0.717) is 16.5 Å². The highest BCUT2D eigenvalue weighted by Crippen LogP contribution is 2.27. The van der Waals surface area contributed by atoms with Crippen molar-refractivity contribution in [3.05, 3.63) is 58.9 Å². The average Bonchev–Trinajstić information content (AvgIpc) is 2.53. The summed E-state index contributed by atoms with van der Waals surface area (Å²) in [5.41, 5.74) is 1.18. The highest BCUT2D eigenvalue weighted by atomic mass is 35.5. The van der Waals surface area contributed by atoms with Crippen LogP contribution in [0.3, 0.4) is 0 Å². The molecule has 1 aromatic carbocycles. The van der Waals surface area contributed by atoms with Gasteiger partial charge in [0.05, 0.1) is 12.1 Å². The van der Waals surface area contributed by atoms with Gasteiger partial charge in [0.1, 0.15) is 17.4 Å². The molecular weight excluding hydrogens is 302 g/mol. The van der Waals surface area contributed by atoms with Crippen molar-refractivity contribution in [3.8, 4) is 11.8 Å². The van der Waals surface area contributed by atoms with Crippen molar-refractivity contribution in [2.24, 2.45) is 0 Å². The molecule has 1 N–H and O–H groups in total. The van der Waals surface area contributed by atoms with E-state index < -0.39 is 5.91 Å². The molecule has 1 heterocycles. The SMILES string of the molecule is COc1ccc(NC(=O)/C(C#N)=C/c2ccncc2)cc1Cl. The van der Waals surface area contributed by atoms with E-state index in [1.165, 1.54) is 13.2 Å². The van der Waals surface area contributed by atoms with Gasteiger partial charge in [0.15, 0.2) is 0 Å². The molecule has 22 heavy (non-hydrogen) atoms. The first-order valence-electron chi connectivity index (χ1n) is 6.30. The summed E-state index contributed by atoms with van der Waals surface area (Å²) in [7, 11) is 1.50. The number of amides is 1. The molecule has 0 saturated carbocycles. The van der Waals surface area contributed by atoms with Crippen molar-refractivity contribution in [2.45, 2.75) is 0 Å². The van der Waals surface area contributed by atoms with E-state index in [9.17, 15) is 4.79 Å². The van der Waals surface area contributed by atoms with Crippen LogP contribution in [-0.4, -0.2) is 18.0 Å². The number of benzene rings is 1. The average molecular weight is 314 g/mol. The number of pyridine rings is 1. The van der Waals surface area contributed by atoms with Crippen LogP contribution in [0, 0.1) is 11.3 Å². The Morgan fingerprint density at radius 3 is 2.68 bits per heavy atom. The van der Waals surface area contributed by atoms with Crippen LogP contribution in [0.4, 0.5) is 5.69 Å². The fraction of sp³-hybridized carbons (Fsp3) is 0.0625. The number of rotatable bonds is 4. The minimum atomic E-state index is -0.513. The maximum atomic E-state index is 12.1. The Bertz CT molecular complexity index is 752. The standard InChI is InChI=1S/C16H12ClN3O2/c1-22-15-3-2-13(9-14(15)17)20-16(21)12(10-18)8-11-4-6-19-7-5-11/h2-9H,1H3,(H,20,21)/b12-8+. The second-order valence-corrected chi connectivity index (χ2v) is 4.66. The maximum absolute atomic E-state index is 12.1. The van der Waals surface area contributed by atoms with Crippen molar-refractivity contribution in [3.63, 3.8) is 0 Å². The van der Waals surface area contributed by atoms with Crippen LogP contribution in [0.15, 0.2) is 48.3 Å². The second kappa shape index (κ2) is 7.25. The molecular formula is C16H12ClN3O2. The van der Waals surface area contributed by atoms with Crippen molar-refractivity contribution >= 4 is 29.3 Å². The van der Waals surface area contributed by atoms with Gasteiger partial charge in [-0.3, -0.25) is 9.78 Å². The van der Waals surface area contributed by atoms with E-state index >= 15 is 0 Å². The zero-order chi connectivity index (χ0) is 15.9. The summed E-state index contributed by atoms with van der Waals surface area (Å²) >= 11 is 5.99. The third-order valence-corrected chi connectivity index (χ3v) is 3.09. The molecule has 0 bridgehead atoms. The van der Waals surface area contributed by atoms with Gasteiger partial charge in [-0.1, -0.05) is 11.6 Å². The van der Waals surface area contributed by atoms with E-state index in [4.69, 9.17) is 21.6 Å². The Morgan fingerprint density at radius 1 is 1.36 bits per heavy atom. The molecule has 1 amide bonds. The van der Waals surface area contributed by atoms with Crippen LogP contribution < -0.4 is 10.1 Å². The molecule has 1 aromatic heterocycles. The van der Waals surface area contributed by atoms with Gasteiger partial charge >= 0.3 is 0 Å². The van der Waals surface area contributed by atoms with Crippen LogP contribution in [0.25, 0.3) is 6.08 Å². The van der Waals surface area contributed by atoms with E-state index in [-0.39, 0.29) is 5.57 Å². The van der Waals surface area contributed by atoms with Crippen LogP contribution in [0.5, 0.6) is 5.75 Å². The largest absolute Gasteiger partial charge is 0.495 e. The van der Waals surface area contributed by atoms with E-state index in [2.05, 4.69) is 10.3 Å². The van der Waals surface area contributed by atoms with Crippen LogP contribution in [-0.2, 0) is 4.79 Å². The summed E-state index contributed by atoms with van der Waals surface area (Å²) in [6, 6.07) is 10.1. The zero-order valence-corrected chi connectivity index (χ0v) is 12.5. The lowest BCUT2D eigenvalue weighted by atomic mass is 10.1. The smallest absolute Gasteiger partial charge is 0.266 e. The molecule has 6 heteroatoms. The molecule has 0 aliphatic rings. The van der Waals surface area contributed by atoms with E-state index in [1.807, 2.05) is 6.07 Å². The highest BCUT2D eigenvalue weighted by molar-refractivity contribution is 6.32. The monoisotopic (exact) mass is 313 g/mol. The van der Waals surface area contributed by atoms with E-state index in [0.717, 1.165) is 5.56 Å². The first-order chi connectivity index (χ1) is 10.6. The molecule has 0 unspecified atom stereocenters. The van der Waals surface area contributed by atoms with Gasteiger partial charge < -0.3 is 10.1 Å². The molecule has 0 spiro atoms. The molecule has 5 nitrogen and oxygen atoms in total. The Balaban J connectivity index is 2.18. The van der Waals surface area contributed by atoms with Gasteiger partial charge in [0.2, 0.25) is 0 Å². The highest BCUT2D eigenvalue weighted by Gasteiger charge is 2.10. The minimum absolute atomic E-state index is 0.0156. The number of aromatic nitrogens is 1. The van der Waals surface area contributed by atoms with Crippen molar-refractivity contribution < 1.29 is 9.53 Å². The Labute approximate surface area is 132 Å². The Hall–Kier alpha value is -2.84. The summed E-state index contributed by atoms with van der Waals surface area (Å²) < 4.78 is 5.04. The number of hydrogen-bond donors (Lipinski definition) is 1. The number of hydrogen-bond acceptors (Lipinski definition) is 4. The van der Waals surface area contributed by atoms with Crippen LogP contribution >= 0.6 is 11.6 Å². The number of nitrogens with one attached hydrogen (secondary N) is 1. The summed E-state index contributed by atoms with van der Waals surface area (Å²) in [5.74, 6) is -0.00644. The number of carbonyl (C=O) groups is 1. The fourth-order valence-corrected chi connectivity index (χ4v) is 1.98. The van der Waals surface area contributed by atoms with Gasteiger partial charge in [0, 0.05) is 18.1 Å². The summed E-state index contributed by atoms with van der Waals surface area (Å²) in [4.78, 5) is 16.0. The van der Waals surface area contributed by atoms with Gasteiger partial charge in [0.25, 0.3) is 5.91 Å². The Kier molecular flexibility index (Phi) is 5.12. The summed E-state index contributed by atoms with van der Waals surface area (Å²) in [6.45, 7) is 0. The molecule has 0 saturated heterocycles. The number of carbonyl (C=O) groups excluding carboxylic acids is 1. The van der Waals surface area contributed by atoms with Crippen molar-refractivity contribution in [2.75, 3.05) is 12.4 Å². The molecule has 0 aliphatic heterocycles. The second-order valence-electron chi connectivity index (χ2n) is 4.25. The number of anilines is 1. The molecule has 2 rings (SSSR count). The van der Waals surface area contributed by atoms with Gasteiger partial charge in [-0.05, 0) is 42.0 Å². The quantitative estimate of drug-likeness (QED) is 0.694. The minimum Gasteiger partial charge on any atom is -0.495 e. The predicted octanol–water partition coefficient (Wildman–Crippen LogP) is 3.29. The van der Waals surface area contributed by atoms with Gasteiger partial charge in [-0.25, -0.2) is 0 Å². The molecule has 110 valence electrons. The third kappa shape index (κ3) is 3.84. The van der Waals surface area contributed by atoms with Crippen molar-refractivity contribution in [1.29, 1.82) is 5.26 Å². The first kappa shape index (κ1) is 15.5. The predicted molar refractivity (Wildman–Crippen MR) is 84.5 cm³/mol. The topological polar surface area (TPSA) is 75.0 Å². The molecule has 0 radical (unpaired) electrons. The molecule has 0 atom stereocenters. The summed E-state index contributed by atoms with van der Waals surface area (Å²) in [5, 5.41) is 12.1. The lowest BCUT2D eigenvalue weighted by Crippen LogP contribution is -2.13. The zero-order valence-electron chi connectivity index (χ0n) is 11.7. The number of ether oxygens (including phenoxy) is 1.